The summed E-state index contributed by atoms with van der Waals surface area (Å²) in [4.78, 5) is 31.8. The number of anilines is 1. The van der Waals surface area contributed by atoms with Crippen LogP contribution < -0.4 is 5.32 Å². The van der Waals surface area contributed by atoms with Crippen molar-refractivity contribution in [3.8, 4) is 0 Å². The van der Waals surface area contributed by atoms with Crippen molar-refractivity contribution in [1.82, 2.24) is 14.7 Å². The van der Waals surface area contributed by atoms with Gasteiger partial charge in [0.1, 0.15) is 0 Å². The third kappa shape index (κ3) is 6.65. The van der Waals surface area contributed by atoms with E-state index >= 15 is 0 Å². The molecule has 6 heteroatoms. The van der Waals surface area contributed by atoms with Crippen molar-refractivity contribution in [2.45, 2.75) is 40.3 Å². The average Bonchev–Trinajstić information content (AvgIpc) is 2.77. The minimum atomic E-state index is 0.0112. The average molecular weight is 437 g/mol. The van der Waals surface area contributed by atoms with E-state index in [2.05, 4.69) is 41.1 Å². The third-order valence-electron chi connectivity index (χ3n) is 6.21. The van der Waals surface area contributed by atoms with Crippen LogP contribution in [0.3, 0.4) is 0 Å². The quantitative estimate of drug-likeness (QED) is 0.690. The predicted molar refractivity (Wildman–Crippen MR) is 130 cm³/mol. The number of hydrogen-bond donors (Lipinski definition) is 1. The molecule has 32 heavy (non-hydrogen) atoms. The number of hydrogen-bond acceptors (Lipinski definition) is 4. The molecule has 1 heterocycles. The molecule has 3 rings (SSSR count). The van der Waals surface area contributed by atoms with Gasteiger partial charge in [-0.15, -0.1) is 0 Å². The first-order valence-corrected chi connectivity index (χ1v) is 11.5. The summed E-state index contributed by atoms with van der Waals surface area (Å²) in [6, 6.07) is 16.2. The zero-order chi connectivity index (χ0) is 23.1. The van der Waals surface area contributed by atoms with Crippen LogP contribution in [-0.4, -0.2) is 71.8 Å². The molecular formula is C26H36N4O2. The lowest BCUT2D eigenvalue weighted by atomic mass is 10.1. The van der Waals surface area contributed by atoms with Crippen molar-refractivity contribution < 1.29 is 9.59 Å². The Morgan fingerprint density at radius 1 is 0.906 bits per heavy atom. The lowest BCUT2D eigenvalue weighted by molar-refractivity contribution is -0.135. The highest BCUT2D eigenvalue weighted by molar-refractivity contribution is 5.93. The molecule has 0 atom stereocenters. The van der Waals surface area contributed by atoms with Gasteiger partial charge in [0, 0.05) is 44.5 Å². The molecule has 1 fully saturated rings. The van der Waals surface area contributed by atoms with Crippen LogP contribution in [0.25, 0.3) is 0 Å². The highest BCUT2D eigenvalue weighted by Crippen LogP contribution is 2.18. The molecule has 2 amide bonds. The maximum absolute atomic E-state index is 13.0. The molecule has 2 aromatic rings. The fraction of sp³-hybridized carbons (Fsp3) is 0.462. The second kappa shape index (κ2) is 11.2. The third-order valence-corrected chi connectivity index (χ3v) is 6.21. The van der Waals surface area contributed by atoms with E-state index in [4.69, 9.17) is 0 Å². The number of carbonyl (C=O) groups excluding carboxylic acids is 2. The Hall–Kier alpha value is -2.70. The molecule has 6 nitrogen and oxygen atoms in total. The number of amides is 2. The van der Waals surface area contributed by atoms with Crippen molar-refractivity contribution in [1.29, 1.82) is 0 Å². The molecule has 0 aromatic heterocycles. The second-order valence-electron chi connectivity index (χ2n) is 8.95. The van der Waals surface area contributed by atoms with E-state index in [1.807, 2.05) is 55.1 Å². The zero-order valence-electron chi connectivity index (χ0n) is 19.8. The van der Waals surface area contributed by atoms with Crippen molar-refractivity contribution in [3.05, 3.63) is 65.2 Å². The predicted octanol–water partition coefficient (Wildman–Crippen LogP) is 3.30. The van der Waals surface area contributed by atoms with Gasteiger partial charge < -0.3 is 10.2 Å². The Balaban J connectivity index is 1.46. The fourth-order valence-electron chi connectivity index (χ4n) is 4.01. The number of nitrogens with zero attached hydrogens (tertiary/aromatic N) is 3. The van der Waals surface area contributed by atoms with Gasteiger partial charge in [-0.1, -0.05) is 42.5 Å². The number of aryl methyl sites for hydroxylation is 1. The summed E-state index contributed by atoms with van der Waals surface area (Å²) >= 11 is 0. The summed E-state index contributed by atoms with van der Waals surface area (Å²) in [5.41, 5.74) is 4.30. The fourth-order valence-corrected chi connectivity index (χ4v) is 4.01. The van der Waals surface area contributed by atoms with Gasteiger partial charge in [-0.25, -0.2) is 0 Å². The van der Waals surface area contributed by atoms with E-state index in [0.29, 0.717) is 19.6 Å². The summed E-state index contributed by atoms with van der Waals surface area (Å²) in [6.07, 6.45) is 0. The normalized spacial score (nSPS) is 15.0. The first kappa shape index (κ1) is 24.0. The smallest absolute Gasteiger partial charge is 0.238 e. The monoisotopic (exact) mass is 436 g/mol. The second-order valence-corrected chi connectivity index (χ2v) is 8.95. The number of piperazine rings is 1. The molecule has 0 bridgehead atoms. The van der Waals surface area contributed by atoms with Crippen molar-refractivity contribution in [2.24, 2.45) is 0 Å². The Morgan fingerprint density at radius 3 is 2.16 bits per heavy atom. The molecule has 1 N–H and O–H groups in total. The van der Waals surface area contributed by atoms with Gasteiger partial charge in [0.25, 0.3) is 0 Å². The molecule has 1 saturated heterocycles. The molecule has 1 aliphatic rings. The standard InChI is InChI=1S/C26H36N4O2/c1-20(2)30(17-23-10-6-5-7-11-23)26(32)19-29-15-13-28(14-16-29)18-25(31)27-24-12-8-9-21(3)22(24)4/h5-12,20H,13-19H2,1-4H3,(H,27,31). The van der Waals surface area contributed by atoms with Crippen LogP contribution in [0, 0.1) is 13.8 Å². The zero-order valence-corrected chi connectivity index (χ0v) is 19.8. The van der Waals surface area contributed by atoms with Gasteiger partial charge in [0.15, 0.2) is 0 Å². The van der Waals surface area contributed by atoms with E-state index in [0.717, 1.165) is 43.0 Å². The van der Waals surface area contributed by atoms with Crippen molar-refractivity contribution >= 4 is 17.5 Å². The summed E-state index contributed by atoms with van der Waals surface area (Å²) in [5, 5.41) is 3.04. The molecule has 0 aliphatic carbocycles. The van der Waals surface area contributed by atoms with Crippen LogP contribution >= 0.6 is 0 Å². The van der Waals surface area contributed by atoms with Gasteiger partial charge in [0.2, 0.25) is 11.8 Å². The van der Waals surface area contributed by atoms with Gasteiger partial charge in [-0.3, -0.25) is 19.4 Å². The molecule has 2 aromatic carbocycles. The largest absolute Gasteiger partial charge is 0.335 e. The highest BCUT2D eigenvalue weighted by Gasteiger charge is 2.24. The van der Waals surface area contributed by atoms with Crippen LogP contribution in [0.5, 0.6) is 0 Å². The van der Waals surface area contributed by atoms with Crippen LogP contribution in [0.15, 0.2) is 48.5 Å². The maximum Gasteiger partial charge on any atom is 0.238 e. The van der Waals surface area contributed by atoms with Crippen molar-refractivity contribution in [3.63, 3.8) is 0 Å². The minimum Gasteiger partial charge on any atom is -0.335 e. The van der Waals surface area contributed by atoms with E-state index in [1.54, 1.807) is 0 Å². The number of rotatable bonds is 8. The summed E-state index contributed by atoms with van der Waals surface area (Å²) in [7, 11) is 0. The van der Waals surface area contributed by atoms with E-state index in [1.165, 1.54) is 5.56 Å². The van der Waals surface area contributed by atoms with Gasteiger partial charge in [0.05, 0.1) is 13.1 Å². The van der Waals surface area contributed by atoms with E-state index < -0.39 is 0 Å². The van der Waals surface area contributed by atoms with Gasteiger partial charge in [-0.05, 0) is 50.5 Å². The molecule has 0 unspecified atom stereocenters. The van der Waals surface area contributed by atoms with Gasteiger partial charge >= 0.3 is 0 Å². The Labute approximate surface area is 192 Å². The Kier molecular flexibility index (Phi) is 8.42. The minimum absolute atomic E-state index is 0.0112. The molecular weight excluding hydrogens is 400 g/mol. The highest BCUT2D eigenvalue weighted by atomic mass is 16.2. The summed E-state index contributed by atoms with van der Waals surface area (Å²) < 4.78 is 0. The Morgan fingerprint density at radius 2 is 1.53 bits per heavy atom. The molecule has 0 radical (unpaired) electrons. The first-order chi connectivity index (χ1) is 15.3. The van der Waals surface area contributed by atoms with E-state index in [9.17, 15) is 9.59 Å². The van der Waals surface area contributed by atoms with Crippen LogP contribution in [0.1, 0.15) is 30.5 Å². The maximum atomic E-state index is 13.0. The topological polar surface area (TPSA) is 55.9 Å². The van der Waals surface area contributed by atoms with Crippen LogP contribution in [0.2, 0.25) is 0 Å². The number of benzene rings is 2. The molecule has 172 valence electrons. The molecule has 0 spiro atoms. The van der Waals surface area contributed by atoms with Crippen LogP contribution in [-0.2, 0) is 16.1 Å². The lowest BCUT2D eigenvalue weighted by Crippen LogP contribution is -2.52. The van der Waals surface area contributed by atoms with E-state index in [-0.39, 0.29) is 17.9 Å². The van der Waals surface area contributed by atoms with Crippen molar-refractivity contribution in [2.75, 3.05) is 44.6 Å². The van der Waals surface area contributed by atoms with Crippen LogP contribution in [0.4, 0.5) is 5.69 Å². The summed E-state index contributed by atoms with van der Waals surface area (Å²) in [6.45, 7) is 12.8. The molecule has 0 saturated carbocycles. The first-order valence-electron chi connectivity index (χ1n) is 11.5. The SMILES string of the molecule is Cc1cccc(NC(=O)CN2CCN(CC(=O)N(Cc3ccccc3)C(C)C)CC2)c1C. The number of nitrogens with one attached hydrogen (secondary N) is 1. The molecule has 1 aliphatic heterocycles. The number of carbonyl (C=O) groups is 2. The van der Waals surface area contributed by atoms with Gasteiger partial charge in [-0.2, -0.15) is 0 Å². The lowest BCUT2D eigenvalue weighted by Gasteiger charge is -2.36. The Bertz CT molecular complexity index is 905. The summed E-state index contributed by atoms with van der Waals surface area (Å²) in [5.74, 6) is 0.169.